The van der Waals surface area contributed by atoms with Crippen LogP contribution in [0.1, 0.15) is 40.7 Å². The molecule has 1 N–H and O–H groups in total. The molecule has 2 aromatic heterocycles. The second-order valence-electron chi connectivity index (χ2n) is 7.13. The first-order valence-electron chi connectivity index (χ1n) is 8.08. The summed E-state index contributed by atoms with van der Waals surface area (Å²) in [4.78, 5) is 4.65. The summed E-state index contributed by atoms with van der Waals surface area (Å²) < 4.78 is 13.9. The highest BCUT2D eigenvalue weighted by Crippen LogP contribution is 2.36. The Morgan fingerprint density at radius 3 is 2.50 bits per heavy atom. The molecule has 2 aromatic rings. The predicted molar refractivity (Wildman–Crippen MR) is 90.8 cm³/mol. The molecule has 3 heterocycles. The lowest BCUT2D eigenvalue weighted by molar-refractivity contribution is 0.00578. The van der Waals surface area contributed by atoms with Gasteiger partial charge in [-0.05, 0) is 46.8 Å². The van der Waals surface area contributed by atoms with Crippen molar-refractivity contribution in [2.24, 2.45) is 0 Å². The van der Waals surface area contributed by atoms with Gasteiger partial charge in [-0.1, -0.05) is 6.07 Å². The van der Waals surface area contributed by atoms with Crippen molar-refractivity contribution in [3.63, 3.8) is 0 Å². The van der Waals surface area contributed by atoms with E-state index < -0.39 is 18.3 Å². The Morgan fingerprint density at radius 1 is 1.21 bits per heavy atom. The van der Waals surface area contributed by atoms with Gasteiger partial charge in [-0.15, -0.1) is 10.2 Å². The van der Waals surface area contributed by atoms with Gasteiger partial charge in [0.1, 0.15) is 12.0 Å². The molecule has 1 aliphatic rings. The summed E-state index contributed by atoms with van der Waals surface area (Å²) in [6.07, 6.45) is 1.60. The molecule has 7 nitrogen and oxygen atoms in total. The second kappa shape index (κ2) is 5.95. The average Bonchev–Trinajstić information content (AvgIpc) is 3.10. The van der Waals surface area contributed by atoms with Gasteiger partial charge < -0.3 is 19.0 Å². The first kappa shape index (κ1) is 17.1. The van der Waals surface area contributed by atoms with E-state index in [0.29, 0.717) is 17.1 Å². The Bertz CT molecular complexity index is 716. The zero-order valence-electron chi connectivity index (χ0n) is 14.7. The minimum Gasteiger partial charge on any atom is -0.398 e. The molecular formula is C16H23BN4O3. The van der Waals surface area contributed by atoms with Crippen molar-refractivity contribution in [2.45, 2.75) is 51.9 Å². The largest absolute Gasteiger partial charge is 0.514 e. The molecule has 0 saturated carbocycles. The number of aromatic nitrogens is 4. The van der Waals surface area contributed by atoms with E-state index in [4.69, 9.17) is 9.31 Å². The standard InChI is InChI=1S/C16H23BN4O3/c1-11(9-22)21-10-18-20-14(21)12-7-6-8-13(19-12)17-23-15(2,3)16(4,5)24-17/h6-8,10-11,22H,9H2,1-5H3/t11-/m1/s1. The first-order valence-corrected chi connectivity index (χ1v) is 8.08. The molecule has 128 valence electrons. The summed E-state index contributed by atoms with van der Waals surface area (Å²) in [5.41, 5.74) is 0.527. The maximum absolute atomic E-state index is 9.38. The Kier molecular flexibility index (Phi) is 4.23. The van der Waals surface area contributed by atoms with Crippen molar-refractivity contribution in [1.82, 2.24) is 19.7 Å². The third-order valence-corrected chi connectivity index (χ3v) is 4.81. The lowest BCUT2D eigenvalue weighted by atomic mass is 9.84. The van der Waals surface area contributed by atoms with E-state index in [1.807, 2.05) is 52.8 Å². The van der Waals surface area contributed by atoms with Gasteiger partial charge in [-0.3, -0.25) is 4.98 Å². The summed E-state index contributed by atoms with van der Waals surface area (Å²) in [6.45, 7) is 9.94. The number of hydrogen-bond donors (Lipinski definition) is 1. The highest BCUT2D eigenvalue weighted by Gasteiger charge is 2.52. The summed E-state index contributed by atoms with van der Waals surface area (Å²) in [6, 6.07) is 5.50. The maximum atomic E-state index is 9.38. The number of hydrogen-bond acceptors (Lipinski definition) is 6. The molecule has 0 aliphatic carbocycles. The van der Waals surface area contributed by atoms with Crippen LogP contribution in [0.5, 0.6) is 0 Å². The van der Waals surface area contributed by atoms with Crippen LogP contribution in [0, 0.1) is 0 Å². The number of nitrogens with zero attached hydrogens (tertiary/aromatic N) is 4. The van der Waals surface area contributed by atoms with E-state index in [2.05, 4.69) is 15.2 Å². The summed E-state index contributed by atoms with van der Waals surface area (Å²) in [7, 11) is -0.526. The summed E-state index contributed by atoms with van der Waals surface area (Å²) >= 11 is 0. The average molecular weight is 330 g/mol. The van der Waals surface area contributed by atoms with E-state index in [1.54, 1.807) is 10.9 Å². The monoisotopic (exact) mass is 330 g/mol. The highest BCUT2D eigenvalue weighted by atomic mass is 16.7. The van der Waals surface area contributed by atoms with Gasteiger partial charge in [-0.2, -0.15) is 0 Å². The molecule has 1 saturated heterocycles. The van der Waals surface area contributed by atoms with Gasteiger partial charge >= 0.3 is 7.12 Å². The van der Waals surface area contributed by atoms with E-state index in [0.717, 1.165) is 0 Å². The van der Waals surface area contributed by atoms with Crippen molar-refractivity contribution >= 4 is 12.7 Å². The Hall–Kier alpha value is -1.77. The quantitative estimate of drug-likeness (QED) is 0.848. The van der Waals surface area contributed by atoms with Crippen molar-refractivity contribution in [3.05, 3.63) is 24.5 Å². The maximum Gasteiger partial charge on any atom is 0.514 e. The van der Waals surface area contributed by atoms with Crippen LogP contribution in [0.4, 0.5) is 0 Å². The van der Waals surface area contributed by atoms with Crippen LogP contribution in [0.25, 0.3) is 11.5 Å². The lowest BCUT2D eigenvalue weighted by Crippen LogP contribution is -2.41. The molecule has 1 fully saturated rings. The second-order valence-corrected chi connectivity index (χ2v) is 7.13. The molecule has 24 heavy (non-hydrogen) atoms. The Morgan fingerprint density at radius 2 is 1.88 bits per heavy atom. The minimum atomic E-state index is -0.526. The van der Waals surface area contributed by atoms with Crippen LogP contribution >= 0.6 is 0 Å². The molecule has 3 rings (SSSR count). The van der Waals surface area contributed by atoms with E-state index in [9.17, 15) is 5.11 Å². The fraction of sp³-hybridized carbons (Fsp3) is 0.562. The van der Waals surface area contributed by atoms with Crippen molar-refractivity contribution < 1.29 is 14.4 Å². The highest BCUT2D eigenvalue weighted by molar-refractivity contribution is 6.61. The molecule has 0 amide bonds. The normalized spacial score (nSPS) is 20.3. The molecule has 0 bridgehead atoms. The zero-order chi connectivity index (χ0) is 17.5. The van der Waals surface area contributed by atoms with Gasteiger partial charge in [0.05, 0.1) is 29.4 Å². The van der Waals surface area contributed by atoms with E-state index >= 15 is 0 Å². The molecule has 1 aliphatic heterocycles. The summed E-state index contributed by atoms with van der Waals surface area (Å²) in [5, 5.41) is 17.5. The van der Waals surface area contributed by atoms with Crippen LogP contribution in [-0.2, 0) is 9.31 Å². The van der Waals surface area contributed by atoms with Crippen LogP contribution in [0.3, 0.4) is 0 Å². The number of rotatable bonds is 4. The van der Waals surface area contributed by atoms with Gasteiger partial charge in [0.2, 0.25) is 0 Å². The van der Waals surface area contributed by atoms with Gasteiger partial charge in [0.15, 0.2) is 5.82 Å². The molecular weight excluding hydrogens is 307 g/mol. The predicted octanol–water partition coefficient (Wildman–Crippen LogP) is 1.19. The third kappa shape index (κ3) is 2.85. The van der Waals surface area contributed by atoms with Crippen LogP contribution in [0.2, 0.25) is 0 Å². The smallest absolute Gasteiger partial charge is 0.398 e. The van der Waals surface area contributed by atoms with Gasteiger partial charge in [0.25, 0.3) is 0 Å². The Balaban J connectivity index is 1.93. The Labute approximate surface area is 142 Å². The van der Waals surface area contributed by atoms with Crippen molar-refractivity contribution in [3.8, 4) is 11.5 Å². The van der Waals surface area contributed by atoms with E-state index in [-0.39, 0.29) is 12.6 Å². The van der Waals surface area contributed by atoms with Crippen LogP contribution in [-0.4, -0.2) is 49.8 Å². The lowest BCUT2D eigenvalue weighted by Gasteiger charge is -2.32. The molecule has 0 spiro atoms. The van der Waals surface area contributed by atoms with Crippen molar-refractivity contribution in [1.29, 1.82) is 0 Å². The minimum absolute atomic E-state index is 0.00194. The number of pyridine rings is 1. The fourth-order valence-electron chi connectivity index (χ4n) is 2.51. The van der Waals surface area contributed by atoms with Gasteiger partial charge in [-0.25, -0.2) is 0 Å². The number of aliphatic hydroxyl groups is 1. The first-order chi connectivity index (χ1) is 11.2. The third-order valence-electron chi connectivity index (χ3n) is 4.81. The SMILES string of the molecule is C[C@H](CO)n1cnnc1-c1cccc(B2OC(C)(C)C(C)(C)O2)n1. The fourth-order valence-corrected chi connectivity index (χ4v) is 2.51. The topological polar surface area (TPSA) is 82.3 Å². The molecule has 8 heteroatoms. The molecule has 1 atom stereocenters. The molecule has 0 unspecified atom stereocenters. The zero-order valence-corrected chi connectivity index (χ0v) is 14.7. The molecule has 0 radical (unpaired) electrons. The van der Waals surface area contributed by atoms with E-state index in [1.165, 1.54) is 0 Å². The van der Waals surface area contributed by atoms with Crippen LogP contribution in [0.15, 0.2) is 24.5 Å². The summed E-state index contributed by atoms with van der Waals surface area (Å²) in [5.74, 6) is 0.606. The van der Waals surface area contributed by atoms with Gasteiger partial charge in [0, 0.05) is 0 Å². The van der Waals surface area contributed by atoms with Crippen molar-refractivity contribution in [2.75, 3.05) is 6.61 Å². The number of aliphatic hydroxyl groups excluding tert-OH is 1. The van der Waals surface area contributed by atoms with Crippen LogP contribution < -0.4 is 5.59 Å². The molecule has 0 aromatic carbocycles.